The second kappa shape index (κ2) is 5.79. The number of carbonyl (C=O) groups is 1. The maximum atomic E-state index is 11.0. The lowest BCUT2D eigenvalue weighted by Gasteiger charge is -2.25. The van der Waals surface area contributed by atoms with E-state index in [1.54, 1.807) is 0 Å². The summed E-state index contributed by atoms with van der Waals surface area (Å²) in [6, 6.07) is 0. The quantitative estimate of drug-likeness (QED) is 0.498. The van der Waals surface area contributed by atoms with Crippen LogP contribution in [0.4, 0.5) is 0 Å². The number of rotatable bonds is 6. The van der Waals surface area contributed by atoms with Gasteiger partial charge in [0.25, 0.3) is 0 Å². The van der Waals surface area contributed by atoms with Gasteiger partial charge in [-0.1, -0.05) is 32.8 Å². The Morgan fingerprint density at radius 2 is 2.08 bits per heavy atom. The van der Waals surface area contributed by atoms with Crippen LogP contribution in [-0.2, 0) is 4.79 Å². The van der Waals surface area contributed by atoms with Crippen LogP contribution in [0.25, 0.3) is 0 Å². The van der Waals surface area contributed by atoms with E-state index in [4.69, 9.17) is 0 Å². The van der Waals surface area contributed by atoms with E-state index >= 15 is 0 Å². The predicted molar refractivity (Wildman–Crippen MR) is 56.6 cm³/mol. The summed E-state index contributed by atoms with van der Waals surface area (Å²) in [4.78, 5) is 11.0. The van der Waals surface area contributed by atoms with E-state index in [0.29, 0.717) is 0 Å². The molecule has 13 heavy (non-hydrogen) atoms. The van der Waals surface area contributed by atoms with Crippen LogP contribution in [0.15, 0.2) is 12.7 Å². The maximum absolute atomic E-state index is 11.0. The number of amides is 1. The fourth-order valence-electron chi connectivity index (χ4n) is 1.26. The molecule has 0 aromatic heterocycles. The van der Waals surface area contributed by atoms with Crippen molar-refractivity contribution in [2.24, 2.45) is 0 Å². The molecule has 0 fully saturated rings. The summed E-state index contributed by atoms with van der Waals surface area (Å²) in [6.45, 7) is 9.70. The number of hydrogen-bond donors (Lipinski definition) is 1. The molecular formula is C11H21NO. The third-order valence-corrected chi connectivity index (χ3v) is 2.05. The monoisotopic (exact) mass is 183 g/mol. The molecule has 76 valence electrons. The Morgan fingerprint density at radius 3 is 2.54 bits per heavy atom. The summed E-state index contributed by atoms with van der Waals surface area (Å²) >= 11 is 0. The van der Waals surface area contributed by atoms with E-state index in [9.17, 15) is 4.79 Å². The topological polar surface area (TPSA) is 29.1 Å². The van der Waals surface area contributed by atoms with E-state index in [1.165, 1.54) is 25.3 Å². The lowest BCUT2D eigenvalue weighted by atomic mass is 9.97. The highest BCUT2D eigenvalue weighted by Gasteiger charge is 2.17. The Morgan fingerprint density at radius 1 is 1.46 bits per heavy atom. The molecule has 0 aliphatic rings. The third-order valence-electron chi connectivity index (χ3n) is 2.05. The van der Waals surface area contributed by atoms with Crippen molar-refractivity contribution in [2.75, 3.05) is 0 Å². The molecule has 0 aliphatic carbocycles. The normalized spacial score (nSPS) is 11.0. The predicted octanol–water partition coefficient (Wildman–Crippen LogP) is 2.65. The lowest BCUT2D eigenvalue weighted by Crippen LogP contribution is -2.42. The van der Waals surface area contributed by atoms with Crippen molar-refractivity contribution in [3.05, 3.63) is 12.7 Å². The fourth-order valence-corrected chi connectivity index (χ4v) is 1.26. The minimum Gasteiger partial charge on any atom is -0.348 e. The first kappa shape index (κ1) is 12.2. The Bertz CT molecular complexity index is 173. The van der Waals surface area contributed by atoms with Gasteiger partial charge in [0.15, 0.2) is 0 Å². The molecule has 0 aromatic carbocycles. The second-order valence-electron chi connectivity index (χ2n) is 4.03. The summed E-state index contributed by atoms with van der Waals surface area (Å²) in [7, 11) is 0. The van der Waals surface area contributed by atoms with Gasteiger partial charge in [0.05, 0.1) is 0 Å². The molecule has 0 radical (unpaired) electrons. The minimum absolute atomic E-state index is 0.0819. The van der Waals surface area contributed by atoms with Crippen LogP contribution in [-0.4, -0.2) is 11.4 Å². The summed E-state index contributed by atoms with van der Waals surface area (Å²) in [5.41, 5.74) is -0.0968. The highest BCUT2D eigenvalue weighted by molar-refractivity contribution is 5.87. The van der Waals surface area contributed by atoms with Crippen molar-refractivity contribution in [2.45, 2.75) is 52.0 Å². The first-order valence-electron chi connectivity index (χ1n) is 4.96. The van der Waals surface area contributed by atoms with Gasteiger partial charge < -0.3 is 5.32 Å². The number of nitrogens with one attached hydrogen (secondary N) is 1. The average molecular weight is 183 g/mol. The largest absolute Gasteiger partial charge is 0.348 e. The summed E-state index contributed by atoms with van der Waals surface area (Å²) in [5, 5.41) is 2.91. The number of carbonyl (C=O) groups excluding carboxylic acids is 1. The molecule has 0 bridgehead atoms. The smallest absolute Gasteiger partial charge is 0.243 e. The average Bonchev–Trinajstić information content (AvgIpc) is 2.03. The molecule has 0 spiro atoms. The van der Waals surface area contributed by atoms with Crippen molar-refractivity contribution < 1.29 is 4.79 Å². The van der Waals surface area contributed by atoms with E-state index in [-0.39, 0.29) is 11.4 Å². The van der Waals surface area contributed by atoms with E-state index < -0.39 is 0 Å². The lowest BCUT2D eigenvalue weighted by molar-refractivity contribution is -0.118. The third kappa shape index (κ3) is 6.38. The van der Waals surface area contributed by atoms with Gasteiger partial charge in [-0.3, -0.25) is 4.79 Å². The van der Waals surface area contributed by atoms with Crippen molar-refractivity contribution in [1.29, 1.82) is 0 Å². The number of hydrogen-bond acceptors (Lipinski definition) is 1. The van der Waals surface area contributed by atoms with Gasteiger partial charge in [-0.25, -0.2) is 0 Å². The molecule has 1 N–H and O–H groups in total. The van der Waals surface area contributed by atoms with Crippen molar-refractivity contribution in [3.63, 3.8) is 0 Å². The highest BCUT2D eigenvalue weighted by atomic mass is 16.1. The fraction of sp³-hybridized carbons (Fsp3) is 0.727. The first-order chi connectivity index (χ1) is 6.02. The minimum atomic E-state index is -0.0968. The highest BCUT2D eigenvalue weighted by Crippen LogP contribution is 2.13. The van der Waals surface area contributed by atoms with Crippen molar-refractivity contribution >= 4 is 5.91 Å². The standard InChI is InChI=1S/C11H21NO/c1-5-7-8-9-11(3,4)12-10(13)6-2/h6H,2,5,7-9H2,1,3-4H3,(H,12,13). The first-order valence-corrected chi connectivity index (χ1v) is 4.96. The second-order valence-corrected chi connectivity index (χ2v) is 4.03. The van der Waals surface area contributed by atoms with E-state index in [1.807, 2.05) is 13.8 Å². The summed E-state index contributed by atoms with van der Waals surface area (Å²) in [6.07, 6.45) is 5.96. The van der Waals surface area contributed by atoms with Crippen LogP contribution in [0.3, 0.4) is 0 Å². The molecule has 0 saturated heterocycles. The molecule has 1 amide bonds. The molecule has 0 aromatic rings. The molecule has 0 aliphatic heterocycles. The Labute approximate surface area is 81.4 Å². The van der Waals surface area contributed by atoms with Crippen molar-refractivity contribution in [3.8, 4) is 0 Å². The SMILES string of the molecule is C=CC(=O)NC(C)(C)CCCCC. The van der Waals surface area contributed by atoms with E-state index in [2.05, 4.69) is 18.8 Å². The zero-order chi connectivity index (χ0) is 10.3. The van der Waals surface area contributed by atoms with Gasteiger partial charge in [-0.05, 0) is 26.3 Å². The van der Waals surface area contributed by atoms with Crippen LogP contribution >= 0.6 is 0 Å². The van der Waals surface area contributed by atoms with Gasteiger partial charge in [0.1, 0.15) is 0 Å². The zero-order valence-electron chi connectivity index (χ0n) is 9.02. The van der Waals surface area contributed by atoms with Gasteiger partial charge in [0, 0.05) is 5.54 Å². The molecule has 0 atom stereocenters. The van der Waals surface area contributed by atoms with Gasteiger partial charge >= 0.3 is 0 Å². The Kier molecular flexibility index (Phi) is 5.44. The summed E-state index contributed by atoms with van der Waals surface area (Å²) in [5.74, 6) is -0.0819. The Balaban J connectivity index is 3.78. The maximum Gasteiger partial charge on any atom is 0.243 e. The van der Waals surface area contributed by atoms with Crippen molar-refractivity contribution in [1.82, 2.24) is 5.32 Å². The molecular weight excluding hydrogens is 162 g/mol. The van der Waals surface area contributed by atoms with Crippen LogP contribution in [0.1, 0.15) is 46.5 Å². The molecule has 2 nitrogen and oxygen atoms in total. The molecule has 0 heterocycles. The zero-order valence-corrected chi connectivity index (χ0v) is 9.02. The summed E-state index contributed by atoms with van der Waals surface area (Å²) < 4.78 is 0. The molecule has 0 unspecified atom stereocenters. The Hall–Kier alpha value is -0.790. The van der Waals surface area contributed by atoms with Gasteiger partial charge in [-0.2, -0.15) is 0 Å². The van der Waals surface area contributed by atoms with Crippen LogP contribution in [0.2, 0.25) is 0 Å². The molecule has 0 rings (SSSR count). The van der Waals surface area contributed by atoms with E-state index in [0.717, 1.165) is 6.42 Å². The molecule has 2 heteroatoms. The van der Waals surface area contributed by atoms with Crippen LogP contribution < -0.4 is 5.32 Å². The van der Waals surface area contributed by atoms with Gasteiger partial charge in [-0.15, -0.1) is 0 Å². The number of unbranched alkanes of at least 4 members (excludes halogenated alkanes) is 2. The van der Waals surface area contributed by atoms with Crippen LogP contribution in [0, 0.1) is 0 Å². The van der Waals surface area contributed by atoms with Gasteiger partial charge in [0.2, 0.25) is 5.91 Å². The molecule has 0 saturated carbocycles. The van der Waals surface area contributed by atoms with Crippen LogP contribution in [0.5, 0.6) is 0 Å².